The highest BCUT2D eigenvalue weighted by Gasteiger charge is 2.27. The number of likely N-dealkylation sites (tertiary alicyclic amines) is 1. The first kappa shape index (κ1) is 31.5. The Morgan fingerprint density at radius 3 is 2.40 bits per heavy atom. The number of ketones is 1. The van der Waals surface area contributed by atoms with E-state index in [0.29, 0.717) is 17.9 Å². The standard InChI is InChI=1S/C27H35N3O2.C8H8F2/c1-19-8-9-24(22(4)31)16-27(19)30(18-25-12-15-32-25)21(3)17-29-13-10-23(11-14-29)26-7-5-6-20(2)28-26;1-2-6-3-4-7(9)5-8(6)10/h5-9,16,23,25H,3,10-15,17-18H2,1-2,4H3;3-5H,2H2,1H3. The summed E-state index contributed by atoms with van der Waals surface area (Å²) in [6, 6.07) is 15.9. The number of aromatic nitrogens is 1. The monoisotopic (exact) mass is 575 g/mol. The summed E-state index contributed by atoms with van der Waals surface area (Å²) in [6.45, 7) is 16.6. The minimum Gasteiger partial charge on any atom is -0.376 e. The molecule has 5 nitrogen and oxygen atoms in total. The number of carbonyl (C=O) groups excluding carboxylic acids is 1. The molecule has 1 unspecified atom stereocenters. The third kappa shape index (κ3) is 8.33. The average Bonchev–Trinajstić information content (AvgIpc) is 2.94. The number of rotatable bonds is 9. The molecule has 7 heteroatoms. The van der Waals surface area contributed by atoms with E-state index in [1.165, 1.54) is 17.8 Å². The predicted octanol–water partition coefficient (Wildman–Crippen LogP) is 7.42. The summed E-state index contributed by atoms with van der Waals surface area (Å²) in [5.41, 5.74) is 6.90. The van der Waals surface area contributed by atoms with Gasteiger partial charge in [-0.15, -0.1) is 0 Å². The molecule has 0 amide bonds. The highest BCUT2D eigenvalue weighted by molar-refractivity contribution is 5.95. The van der Waals surface area contributed by atoms with E-state index in [9.17, 15) is 13.6 Å². The van der Waals surface area contributed by atoms with E-state index in [4.69, 9.17) is 9.72 Å². The van der Waals surface area contributed by atoms with Crippen LogP contribution in [-0.2, 0) is 11.2 Å². The molecule has 0 bridgehead atoms. The van der Waals surface area contributed by atoms with Crippen LogP contribution in [0.5, 0.6) is 0 Å². The van der Waals surface area contributed by atoms with Gasteiger partial charge in [-0.2, -0.15) is 0 Å². The maximum atomic E-state index is 12.6. The summed E-state index contributed by atoms with van der Waals surface area (Å²) in [5.74, 6) is -0.353. The van der Waals surface area contributed by atoms with Crippen LogP contribution in [0.2, 0.25) is 0 Å². The highest BCUT2D eigenvalue weighted by Crippen LogP contribution is 2.30. The van der Waals surface area contributed by atoms with Crippen LogP contribution in [0.15, 0.2) is 66.9 Å². The van der Waals surface area contributed by atoms with Gasteiger partial charge in [-0.05, 0) is 94.9 Å². The molecule has 2 fully saturated rings. The molecule has 1 aromatic heterocycles. The molecule has 2 saturated heterocycles. The van der Waals surface area contributed by atoms with Crippen LogP contribution in [0.25, 0.3) is 0 Å². The van der Waals surface area contributed by atoms with Crippen molar-refractivity contribution >= 4 is 11.5 Å². The van der Waals surface area contributed by atoms with Gasteiger partial charge in [-0.3, -0.25) is 14.7 Å². The van der Waals surface area contributed by atoms with Crippen molar-refractivity contribution in [2.75, 3.05) is 37.7 Å². The minimum absolute atomic E-state index is 0.0866. The second kappa shape index (κ2) is 14.7. The summed E-state index contributed by atoms with van der Waals surface area (Å²) in [4.78, 5) is 21.5. The number of pyridine rings is 1. The molecule has 0 aliphatic carbocycles. The Kier molecular flexibility index (Phi) is 11.0. The predicted molar refractivity (Wildman–Crippen MR) is 165 cm³/mol. The van der Waals surface area contributed by atoms with Gasteiger partial charge >= 0.3 is 0 Å². The van der Waals surface area contributed by atoms with Gasteiger partial charge in [0.05, 0.1) is 6.10 Å². The third-order valence-electron chi connectivity index (χ3n) is 8.19. The topological polar surface area (TPSA) is 45.7 Å². The van der Waals surface area contributed by atoms with Gasteiger partial charge in [0.15, 0.2) is 5.78 Å². The normalized spacial score (nSPS) is 17.1. The molecule has 2 aliphatic heterocycles. The fraction of sp³-hybridized carbons (Fsp3) is 0.429. The Labute approximate surface area is 249 Å². The van der Waals surface area contributed by atoms with E-state index in [1.54, 1.807) is 6.92 Å². The lowest BCUT2D eigenvalue weighted by Gasteiger charge is -2.38. The lowest BCUT2D eigenvalue weighted by atomic mass is 9.93. The molecule has 3 heterocycles. The number of ether oxygens (including phenoxy) is 1. The Hall–Kier alpha value is -3.42. The van der Waals surface area contributed by atoms with Gasteiger partial charge in [-0.25, -0.2) is 8.78 Å². The second-order valence-electron chi connectivity index (χ2n) is 11.4. The molecule has 0 saturated carbocycles. The Morgan fingerprint density at radius 2 is 1.81 bits per heavy atom. The number of anilines is 1. The SMILES string of the molecule is C=C(CN1CCC(c2cccc(C)n2)CC1)N(CC1CCO1)c1cc(C(C)=O)ccc1C.CCc1ccc(F)cc1F. The van der Waals surface area contributed by atoms with Crippen LogP contribution >= 0.6 is 0 Å². The molecule has 0 N–H and O–H groups in total. The van der Waals surface area contributed by atoms with E-state index < -0.39 is 11.6 Å². The van der Waals surface area contributed by atoms with Crippen molar-refractivity contribution in [3.63, 3.8) is 0 Å². The molecule has 5 rings (SSSR count). The lowest BCUT2D eigenvalue weighted by molar-refractivity contribution is -0.0439. The summed E-state index contributed by atoms with van der Waals surface area (Å²) < 4.78 is 30.6. The van der Waals surface area contributed by atoms with Crippen LogP contribution < -0.4 is 4.90 Å². The Balaban J connectivity index is 0.000000343. The van der Waals surface area contributed by atoms with E-state index in [2.05, 4.69) is 48.4 Å². The second-order valence-corrected chi connectivity index (χ2v) is 11.4. The number of nitrogens with zero attached hydrogens (tertiary/aromatic N) is 3. The van der Waals surface area contributed by atoms with Crippen LogP contribution in [-0.4, -0.2) is 54.6 Å². The zero-order valence-electron chi connectivity index (χ0n) is 25.3. The van der Waals surface area contributed by atoms with Gasteiger partial charge in [0.2, 0.25) is 0 Å². The Morgan fingerprint density at radius 1 is 1.07 bits per heavy atom. The number of hydrogen-bond acceptors (Lipinski definition) is 5. The van der Waals surface area contributed by atoms with Crippen molar-refractivity contribution < 1.29 is 18.3 Å². The number of hydrogen-bond donors (Lipinski definition) is 0. The molecule has 42 heavy (non-hydrogen) atoms. The molecular weight excluding hydrogens is 532 g/mol. The van der Waals surface area contributed by atoms with E-state index in [-0.39, 0.29) is 11.9 Å². The first-order valence-corrected chi connectivity index (χ1v) is 14.9. The number of Topliss-reactive ketones (excluding diaryl/α,β-unsaturated/α-hetero) is 1. The molecule has 1 atom stereocenters. The summed E-state index contributed by atoms with van der Waals surface area (Å²) in [5, 5.41) is 0. The van der Waals surface area contributed by atoms with E-state index in [1.807, 2.05) is 25.1 Å². The van der Waals surface area contributed by atoms with Crippen molar-refractivity contribution in [1.29, 1.82) is 0 Å². The molecule has 224 valence electrons. The van der Waals surface area contributed by atoms with E-state index in [0.717, 1.165) is 86.3 Å². The smallest absolute Gasteiger partial charge is 0.159 e. The number of benzene rings is 2. The maximum Gasteiger partial charge on any atom is 0.159 e. The molecule has 2 aromatic carbocycles. The van der Waals surface area contributed by atoms with Gasteiger partial charge < -0.3 is 9.64 Å². The van der Waals surface area contributed by atoms with Crippen LogP contribution in [0.4, 0.5) is 14.5 Å². The number of carbonyl (C=O) groups is 1. The van der Waals surface area contributed by atoms with Gasteiger partial charge in [-0.1, -0.05) is 37.8 Å². The summed E-state index contributed by atoms with van der Waals surface area (Å²) in [6.07, 6.45) is 4.14. The zero-order chi connectivity index (χ0) is 30.2. The lowest BCUT2D eigenvalue weighted by Crippen LogP contribution is -2.43. The first-order chi connectivity index (χ1) is 20.1. The summed E-state index contributed by atoms with van der Waals surface area (Å²) in [7, 11) is 0. The van der Waals surface area contributed by atoms with Gasteiger partial charge in [0.1, 0.15) is 11.6 Å². The van der Waals surface area contributed by atoms with Gasteiger partial charge in [0, 0.05) is 60.0 Å². The third-order valence-corrected chi connectivity index (χ3v) is 8.19. The van der Waals surface area contributed by atoms with Crippen LogP contribution in [0.3, 0.4) is 0 Å². The highest BCUT2D eigenvalue weighted by atomic mass is 19.1. The van der Waals surface area contributed by atoms with Crippen molar-refractivity contribution in [3.05, 3.63) is 107 Å². The van der Waals surface area contributed by atoms with Crippen molar-refractivity contribution in [2.24, 2.45) is 0 Å². The fourth-order valence-electron chi connectivity index (χ4n) is 5.48. The molecular formula is C35H43F2N3O2. The average molecular weight is 576 g/mol. The first-order valence-electron chi connectivity index (χ1n) is 14.9. The quantitative estimate of drug-likeness (QED) is 0.249. The number of aryl methyl sites for hydroxylation is 3. The van der Waals surface area contributed by atoms with Gasteiger partial charge in [0.25, 0.3) is 0 Å². The maximum absolute atomic E-state index is 12.6. The minimum atomic E-state index is -0.519. The summed E-state index contributed by atoms with van der Waals surface area (Å²) >= 11 is 0. The van der Waals surface area contributed by atoms with Crippen LogP contribution in [0, 0.1) is 25.5 Å². The molecule has 2 aliphatic rings. The van der Waals surface area contributed by atoms with Crippen molar-refractivity contribution in [2.45, 2.75) is 65.4 Å². The van der Waals surface area contributed by atoms with Crippen molar-refractivity contribution in [3.8, 4) is 0 Å². The van der Waals surface area contributed by atoms with Crippen molar-refractivity contribution in [1.82, 2.24) is 9.88 Å². The molecule has 0 radical (unpaired) electrons. The number of piperidine rings is 1. The van der Waals surface area contributed by atoms with Crippen LogP contribution in [0.1, 0.15) is 71.9 Å². The molecule has 3 aromatic rings. The fourth-order valence-corrected chi connectivity index (χ4v) is 5.48. The largest absolute Gasteiger partial charge is 0.376 e. The van der Waals surface area contributed by atoms with E-state index >= 15 is 0 Å². The molecule has 0 spiro atoms. The Bertz CT molecular complexity index is 1380. The zero-order valence-corrected chi connectivity index (χ0v) is 25.3. The number of halogens is 2.